The summed E-state index contributed by atoms with van der Waals surface area (Å²) >= 11 is 0. The molecule has 0 fully saturated rings. The Morgan fingerprint density at radius 1 is 1.08 bits per heavy atom. The highest BCUT2D eigenvalue weighted by Gasteiger charge is 2.27. The Kier molecular flexibility index (Phi) is 7.28. The van der Waals surface area contributed by atoms with Gasteiger partial charge in [-0.15, -0.1) is 0 Å². The number of hydrogen-bond donors (Lipinski definition) is 2. The molecule has 2 aromatic carbocycles. The topological polar surface area (TPSA) is 99.4 Å². The van der Waals surface area contributed by atoms with Crippen molar-refractivity contribution in [3.63, 3.8) is 0 Å². The third-order valence-corrected chi connectivity index (χ3v) is 5.89. The van der Waals surface area contributed by atoms with Crippen LogP contribution < -0.4 is 15.4 Å². The standard InChI is InChI=1S/C27H28FN5O4/c1-6-37-26(34)23-17(3)24(18-7-12-21(22(13-18)36-5)33-14-16(2)29-15-33)32(4)25(23)31-27(35)30-20-10-8-19(28)9-11-20/h7-15H,6H2,1-5H3,(H2,30,31,35). The number of nitrogens with zero attached hydrogens (tertiary/aromatic N) is 3. The lowest BCUT2D eigenvalue weighted by Crippen LogP contribution is -2.22. The van der Waals surface area contributed by atoms with E-state index in [9.17, 15) is 14.0 Å². The van der Waals surface area contributed by atoms with Gasteiger partial charge < -0.3 is 23.9 Å². The van der Waals surface area contributed by atoms with Gasteiger partial charge in [0.25, 0.3) is 0 Å². The van der Waals surface area contributed by atoms with Crippen LogP contribution in [0.1, 0.15) is 28.5 Å². The number of urea groups is 1. The second kappa shape index (κ2) is 10.6. The van der Waals surface area contributed by atoms with Crippen LogP contribution in [-0.2, 0) is 11.8 Å². The smallest absolute Gasteiger partial charge is 0.342 e. The van der Waals surface area contributed by atoms with Crippen LogP contribution in [-0.4, -0.2) is 39.8 Å². The number of aromatic nitrogens is 3. The first kappa shape index (κ1) is 25.5. The van der Waals surface area contributed by atoms with Gasteiger partial charge in [0.05, 0.1) is 37.1 Å². The van der Waals surface area contributed by atoms with E-state index in [0.29, 0.717) is 22.7 Å². The molecule has 0 unspecified atom stereocenters. The summed E-state index contributed by atoms with van der Waals surface area (Å²) in [5.74, 6) is -0.102. The molecule has 0 aliphatic rings. The van der Waals surface area contributed by atoms with Crippen LogP contribution >= 0.6 is 0 Å². The number of halogens is 1. The number of amides is 2. The maximum Gasteiger partial charge on any atom is 0.342 e. The first-order valence-electron chi connectivity index (χ1n) is 11.6. The summed E-state index contributed by atoms with van der Waals surface area (Å²) in [5, 5.41) is 5.40. The van der Waals surface area contributed by atoms with Crippen molar-refractivity contribution in [2.45, 2.75) is 20.8 Å². The average Bonchev–Trinajstić information content (AvgIpc) is 3.40. The number of imidazole rings is 1. The maximum absolute atomic E-state index is 13.2. The third kappa shape index (κ3) is 5.18. The fourth-order valence-electron chi connectivity index (χ4n) is 4.23. The number of ether oxygens (including phenoxy) is 2. The van der Waals surface area contributed by atoms with Gasteiger partial charge in [0.15, 0.2) is 0 Å². The Balaban J connectivity index is 1.75. The summed E-state index contributed by atoms with van der Waals surface area (Å²) in [6, 6.07) is 10.5. The van der Waals surface area contributed by atoms with Crippen LogP contribution in [0.3, 0.4) is 0 Å². The van der Waals surface area contributed by atoms with Gasteiger partial charge in [-0.1, -0.05) is 6.07 Å². The van der Waals surface area contributed by atoms with Crippen LogP contribution in [0.4, 0.5) is 20.7 Å². The zero-order valence-corrected chi connectivity index (χ0v) is 21.3. The normalized spacial score (nSPS) is 10.8. The van der Waals surface area contributed by atoms with Crippen molar-refractivity contribution >= 4 is 23.5 Å². The number of rotatable bonds is 7. The Bertz CT molecular complexity index is 1460. The van der Waals surface area contributed by atoms with Crippen LogP contribution in [0.5, 0.6) is 5.75 Å². The Hall–Kier alpha value is -4.60. The number of methoxy groups -OCH3 is 1. The van der Waals surface area contributed by atoms with Gasteiger partial charge in [-0.2, -0.15) is 0 Å². The summed E-state index contributed by atoms with van der Waals surface area (Å²) < 4.78 is 27.8. The lowest BCUT2D eigenvalue weighted by atomic mass is 10.0. The number of aryl methyl sites for hydroxylation is 1. The SMILES string of the molecule is CCOC(=O)c1c(C)c(-c2ccc(-n3cnc(C)c3)c(OC)c2)n(C)c1NC(=O)Nc1ccc(F)cc1. The van der Waals surface area contributed by atoms with E-state index in [1.807, 2.05) is 35.9 Å². The monoisotopic (exact) mass is 505 g/mol. The van der Waals surface area contributed by atoms with Crippen molar-refractivity contribution in [2.75, 3.05) is 24.4 Å². The number of hydrogen-bond acceptors (Lipinski definition) is 5. The van der Waals surface area contributed by atoms with Crippen LogP contribution in [0.25, 0.3) is 16.9 Å². The zero-order chi connectivity index (χ0) is 26.7. The average molecular weight is 506 g/mol. The number of carbonyl (C=O) groups excluding carboxylic acids is 2. The first-order chi connectivity index (χ1) is 17.7. The van der Waals surface area contributed by atoms with E-state index < -0.39 is 17.8 Å². The molecule has 10 heteroatoms. The molecule has 2 aromatic heterocycles. The molecule has 192 valence electrons. The van der Waals surface area contributed by atoms with Crippen LogP contribution in [0.2, 0.25) is 0 Å². The van der Waals surface area contributed by atoms with Crippen molar-refractivity contribution in [3.8, 4) is 22.7 Å². The predicted molar refractivity (Wildman–Crippen MR) is 139 cm³/mol. The molecule has 0 aliphatic carbocycles. The van der Waals surface area contributed by atoms with Crippen molar-refractivity contribution in [1.29, 1.82) is 0 Å². The molecule has 37 heavy (non-hydrogen) atoms. The highest BCUT2D eigenvalue weighted by molar-refractivity contribution is 6.06. The van der Waals surface area contributed by atoms with Gasteiger partial charge in [0, 0.05) is 24.5 Å². The summed E-state index contributed by atoms with van der Waals surface area (Å²) in [4.78, 5) is 30.0. The highest BCUT2D eigenvalue weighted by atomic mass is 19.1. The van der Waals surface area contributed by atoms with Crippen LogP contribution in [0, 0.1) is 19.7 Å². The minimum Gasteiger partial charge on any atom is -0.495 e. The molecule has 0 bridgehead atoms. The lowest BCUT2D eigenvalue weighted by Gasteiger charge is -2.14. The fourth-order valence-corrected chi connectivity index (χ4v) is 4.23. The van der Waals surface area contributed by atoms with E-state index in [2.05, 4.69) is 15.6 Å². The largest absolute Gasteiger partial charge is 0.495 e. The van der Waals surface area contributed by atoms with Crippen LogP contribution in [0.15, 0.2) is 55.0 Å². The number of benzene rings is 2. The van der Waals surface area contributed by atoms with E-state index in [4.69, 9.17) is 9.47 Å². The third-order valence-electron chi connectivity index (χ3n) is 5.89. The predicted octanol–water partition coefficient (Wildman–Crippen LogP) is 5.46. The van der Waals surface area contributed by atoms with Crippen molar-refractivity contribution in [1.82, 2.24) is 14.1 Å². The molecule has 0 atom stereocenters. The molecule has 4 rings (SSSR count). The Morgan fingerprint density at radius 2 is 1.81 bits per heavy atom. The summed E-state index contributed by atoms with van der Waals surface area (Å²) in [6.07, 6.45) is 3.60. The molecule has 2 heterocycles. The van der Waals surface area contributed by atoms with E-state index >= 15 is 0 Å². The number of anilines is 2. The molecule has 2 N–H and O–H groups in total. The number of carbonyl (C=O) groups is 2. The summed E-state index contributed by atoms with van der Waals surface area (Å²) in [5.41, 5.74) is 4.42. The molecule has 0 spiro atoms. The van der Waals surface area contributed by atoms with Gasteiger partial charge in [0.1, 0.15) is 22.9 Å². The second-order valence-corrected chi connectivity index (χ2v) is 8.37. The second-order valence-electron chi connectivity index (χ2n) is 8.37. The van der Waals surface area contributed by atoms with Gasteiger partial charge in [-0.05, 0) is 62.7 Å². The Morgan fingerprint density at radius 3 is 2.43 bits per heavy atom. The number of nitrogens with one attached hydrogen (secondary N) is 2. The van der Waals surface area contributed by atoms with Gasteiger partial charge in [-0.3, -0.25) is 5.32 Å². The first-order valence-corrected chi connectivity index (χ1v) is 11.6. The van der Waals surface area contributed by atoms with Gasteiger partial charge in [0.2, 0.25) is 0 Å². The quantitative estimate of drug-likeness (QED) is 0.325. The molecular weight excluding hydrogens is 477 g/mol. The zero-order valence-electron chi connectivity index (χ0n) is 21.3. The number of esters is 1. The Labute approximate surface area is 213 Å². The van der Waals surface area contributed by atoms with E-state index in [1.54, 1.807) is 38.9 Å². The van der Waals surface area contributed by atoms with Gasteiger partial charge >= 0.3 is 12.0 Å². The molecule has 9 nitrogen and oxygen atoms in total. The van der Waals surface area contributed by atoms with E-state index in [0.717, 1.165) is 16.9 Å². The molecule has 0 saturated heterocycles. The maximum atomic E-state index is 13.2. The summed E-state index contributed by atoms with van der Waals surface area (Å²) in [6.45, 7) is 5.59. The summed E-state index contributed by atoms with van der Waals surface area (Å²) in [7, 11) is 3.33. The molecule has 0 aliphatic heterocycles. The minimum absolute atomic E-state index is 0.177. The van der Waals surface area contributed by atoms with Crippen molar-refractivity contribution in [2.24, 2.45) is 7.05 Å². The lowest BCUT2D eigenvalue weighted by molar-refractivity contribution is 0.0527. The highest BCUT2D eigenvalue weighted by Crippen LogP contribution is 2.37. The van der Waals surface area contributed by atoms with E-state index in [-0.39, 0.29) is 18.0 Å². The van der Waals surface area contributed by atoms with Crippen molar-refractivity contribution in [3.05, 3.63) is 77.6 Å². The molecule has 4 aromatic rings. The molecule has 0 saturated carbocycles. The molecular formula is C27H28FN5O4. The van der Waals surface area contributed by atoms with E-state index in [1.165, 1.54) is 24.3 Å². The van der Waals surface area contributed by atoms with Gasteiger partial charge in [-0.25, -0.2) is 19.0 Å². The molecule has 2 amide bonds. The fraction of sp³-hybridized carbons (Fsp3) is 0.222. The molecule has 0 radical (unpaired) electrons. The minimum atomic E-state index is -0.590. The van der Waals surface area contributed by atoms with Crippen molar-refractivity contribution < 1.29 is 23.5 Å².